The van der Waals surface area contributed by atoms with Crippen LogP contribution >= 0.6 is 0 Å². The van der Waals surface area contributed by atoms with E-state index in [9.17, 15) is 4.79 Å². The van der Waals surface area contributed by atoms with E-state index in [4.69, 9.17) is 4.98 Å². The molecule has 0 saturated carbocycles. The maximum absolute atomic E-state index is 13.1. The number of benzene rings is 1. The predicted octanol–water partition coefficient (Wildman–Crippen LogP) is 3.59. The van der Waals surface area contributed by atoms with Gasteiger partial charge in [-0.25, -0.2) is 0 Å². The van der Waals surface area contributed by atoms with Gasteiger partial charge in [0, 0.05) is 50.3 Å². The van der Waals surface area contributed by atoms with Crippen molar-refractivity contribution in [3.63, 3.8) is 0 Å². The van der Waals surface area contributed by atoms with Crippen LogP contribution in [0.3, 0.4) is 0 Å². The van der Waals surface area contributed by atoms with Crippen molar-refractivity contribution in [3.05, 3.63) is 89.5 Å². The summed E-state index contributed by atoms with van der Waals surface area (Å²) in [5.74, 6) is 0.119. The average Bonchev–Trinajstić information content (AvgIpc) is 3.31. The van der Waals surface area contributed by atoms with Crippen molar-refractivity contribution in [2.75, 3.05) is 24.5 Å². The lowest BCUT2D eigenvalue weighted by Crippen LogP contribution is -2.38. The standard InChI is InChI=1S/C24H24N4O/c1-18-5-2-7-20(13-18)23(29)27-12-9-24(16-27)17-28(15-19-6-3-10-25-14-19)21-8-4-11-26-22(21)24/h2-8,10-11,13-14H,9,12,15-17H2,1H3/t24-/m0/s1. The average molecular weight is 384 g/mol. The first-order chi connectivity index (χ1) is 14.1. The molecule has 146 valence electrons. The number of hydrogen-bond donors (Lipinski definition) is 0. The molecular weight excluding hydrogens is 360 g/mol. The fourth-order valence-corrected chi connectivity index (χ4v) is 4.77. The van der Waals surface area contributed by atoms with Crippen LogP contribution in [0, 0.1) is 6.92 Å². The number of carbonyl (C=O) groups is 1. The van der Waals surface area contributed by atoms with Crippen LogP contribution in [0.25, 0.3) is 0 Å². The summed E-state index contributed by atoms with van der Waals surface area (Å²) in [5, 5.41) is 0. The van der Waals surface area contributed by atoms with Crippen LogP contribution in [-0.4, -0.2) is 40.4 Å². The minimum Gasteiger partial charge on any atom is -0.365 e. The second-order valence-electron chi connectivity index (χ2n) is 8.21. The number of aromatic nitrogens is 2. The van der Waals surface area contributed by atoms with E-state index in [-0.39, 0.29) is 11.3 Å². The third-order valence-corrected chi connectivity index (χ3v) is 6.13. The first-order valence-electron chi connectivity index (χ1n) is 10.1. The Hall–Kier alpha value is -3.21. The maximum Gasteiger partial charge on any atom is 0.253 e. The monoisotopic (exact) mass is 384 g/mol. The molecule has 0 unspecified atom stereocenters. The molecule has 1 spiro atoms. The number of fused-ring (bicyclic) bond motifs is 2. The molecule has 0 N–H and O–H groups in total. The van der Waals surface area contributed by atoms with Gasteiger partial charge in [-0.3, -0.25) is 14.8 Å². The lowest BCUT2D eigenvalue weighted by atomic mass is 9.85. The van der Waals surface area contributed by atoms with E-state index in [1.165, 1.54) is 11.3 Å². The zero-order chi connectivity index (χ0) is 19.8. The Morgan fingerprint density at radius 2 is 2.00 bits per heavy atom. The van der Waals surface area contributed by atoms with Crippen LogP contribution in [0.2, 0.25) is 0 Å². The molecule has 3 aromatic rings. The fourth-order valence-electron chi connectivity index (χ4n) is 4.77. The summed E-state index contributed by atoms with van der Waals surface area (Å²) in [6, 6.07) is 16.1. The van der Waals surface area contributed by atoms with Gasteiger partial charge < -0.3 is 9.80 Å². The number of likely N-dealkylation sites (tertiary alicyclic amines) is 1. The minimum atomic E-state index is -0.0989. The summed E-state index contributed by atoms with van der Waals surface area (Å²) in [7, 11) is 0. The smallest absolute Gasteiger partial charge is 0.253 e. The summed E-state index contributed by atoms with van der Waals surface area (Å²) >= 11 is 0. The molecule has 1 saturated heterocycles. The Balaban J connectivity index is 1.41. The third-order valence-electron chi connectivity index (χ3n) is 6.13. The molecule has 0 radical (unpaired) electrons. The van der Waals surface area contributed by atoms with Crippen molar-refractivity contribution in [1.29, 1.82) is 0 Å². The third kappa shape index (κ3) is 3.16. The molecule has 29 heavy (non-hydrogen) atoms. The molecule has 2 aliphatic heterocycles. The number of pyridine rings is 2. The summed E-state index contributed by atoms with van der Waals surface area (Å²) < 4.78 is 0. The Morgan fingerprint density at radius 1 is 1.10 bits per heavy atom. The van der Waals surface area contributed by atoms with Crippen molar-refractivity contribution in [3.8, 4) is 0 Å². The molecule has 2 aromatic heterocycles. The van der Waals surface area contributed by atoms with Crippen molar-refractivity contribution in [1.82, 2.24) is 14.9 Å². The first-order valence-corrected chi connectivity index (χ1v) is 10.1. The van der Waals surface area contributed by atoms with Gasteiger partial charge >= 0.3 is 0 Å². The van der Waals surface area contributed by atoms with Crippen molar-refractivity contribution in [2.45, 2.75) is 25.3 Å². The number of hydrogen-bond acceptors (Lipinski definition) is 4. The highest BCUT2D eigenvalue weighted by molar-refractivity contribution is 5.94. The molecule has 5 heteroatoms. The molecule has 1 aromatic carbocycles. The molecule has 5 nitrogen and oxygen atoms in total. The molecular formula is C24H24N4O. The molecule has 0 bridgehead atoms. The summed E-state index contributed by atoms with van der Waals surface area (Å²) in [6.07, 6.45) is 6.54. The van der Waals surface area contributed by atoms with Crippen LogP contribution in [0.4, 0.5) is 5.69 Å². The van der Waals surface area contributed by atoms with Gasteiger partial charge in [-0.15, -0.1) is 0 Å². The topological polar surface area (TPSA) is 49.3 Å². The Bertz CT molecular complexity index is 1050. The molecule has 1 fully saturated rings. The van der Waals surface area contributed by atoms with Crippen LogP contribution < -0.4 is 4.90 Å². The highest BCUT2D eigenvalue weighted by atomic mass is 16.2. The number of amides is 1. The van der Waals surface area contributed by atoms with Crippen LogP contribution in [0.15, 0.2) is 67.1 Å². The van der Waals surface area contributed by atoms with Crippen molar-refractivity contribution < 1.29 is 4.79 Å². The Morgan fingerprint density at radius 3 is 2.83 bits per heavy atom. The number of aryl methyl sites for hydroxylation is 1. The van der Waals surface area contributed by atoms with Crippen molar-refractivity contribution in [2.24, 2.45) is 0 Å². The maximum atomic E-state index is 13.1. The van der Waals surface area contributed by atoms with Gasteiger partial charge in [-0.05, 0) is 49.2 Å². The Kier molecular flexibility index (Phi) is 4.31. The van der Waals surface area contributed by atoms with E-state index >= 15 is 0 Å². The highest BCUT2D eigenvalue weighted by Gasteiger charge is 2.49. The lowest BCUT2D eigenvalue weighted by molar-refractivity contribution is 0.0784. The van der Waals surface area contributed by atoms with Crippen LogP contribution in [-0.2, 0) is 12.0 Å². The van der Waals surface area contributed by atoms with Gasteiger partial charge in [0.2, 0.25) is 0 Å². The molecule has 0 aliphatic carbocycles. The highest BCUT2D eigenvalue weighted by Crippen LogP contribution is 2.45. The zero-order valence-corrected chi connectivity index (χ0v) is 16.6. The molecule has 4 heterocycles. The summed E-state index contributed by atoms with van der Waals surface area (Å²) in [4.78, 5) is 26.5. The van der Waals surface area contributed by atoms with E-state index in [0.29, 0.717) is 6.54 Å². The van der Waals surface area contributed by atoms with Gasteiger partial charge in [-0.1, -0.05) is 23.8 Å². The predicted molar refractivity (Wildman–Crippen MR) is 113 cm³/mol. The van der Waals surface area contributed by atoms with E-state index in [1.54, 1.807) is 6.20 Å². The number of anilines is 1. The van der Waals surface area contributed by atoms with Crippen LogP contribution in [0.5, 0.6) is 0 Å². The lowest BCUT2D eigenvalue weighted by Gasteiger charge is -2.26. The van der Waals surface area contributed by atoms with Gasteiger partial charge in [-0.2, -0.15) is 0 Å². The van der Waals surface area contributed by atoms with Gasteiger partial charge in [0.15, 0.2) is 0 Å². The second-order valence-corrected chi connectivity index (χ2v) is 8.21. The van der Waals surface area contributed by atoms with Gasteiger partial charge in [0.05, 0.1) is 16.8 Å². The molecule has 1 amide bonds. The zero-order valence-electron chi connectivity index (χ0n) is 16.6. The summed E-state index contributed by atoms with van der Waals surface area (Å²) in [5.41, 5.74) is 5.28. The largest absolute Gasteiger partial charge is 0.365 e. The normalized spacial score (nSPS) is 20.3. The number of rotatable bonds is 3. The van der Waals surface area contributed by atoms with Gasteiger partial charge in [0.1, 0.15) is 0 Å². The number of carbonyl (C=O) groups excluding carboxylic acids is 1. The molecule has 2 aliphatic rings. The van der Waals surface area contributed by atoms with E-state index in [0.717, 1.165) is 42.9 Å². The Labute approximate surface area is 171 Å². The molecule has 1 atom stereocenters. The second kappa shape index (κ2) is 6.99. The van der Waals surface area contributed by atoms with Crippen LogP contribution in [0.1, 0.15) is 33.6 Å². The first kappa shape index (κ1) is 17.9. The molecule has 5 rings (SSSR count). The fraction of sp³-hybridized carbons (Fsp3) is 0.292. The number of nitrogens with zero attached hydrogens (tertiary/aromatic N) is 4. The summed E-state index contributed by atoms with van der Waals surface area (Å²) in [6.45, 7) is 5.19. The van der Waals surface area contributed by atoms with Gasteiger partial charge in [0.25, 0.3) is 5.91 Å². The minimum absolute atomic E-state index is 0.0989. The SMILES string of the molecule is Cc1cccc(C(=O)N2CC[C@]3(C2)CN(Cc2cccnc2)c2cccnc23)c1. The van der Waals surface area contributed by atoms with E-state index in [2.05, 4.69) is 22.0 Å². The quantitative estimate of drug-likeness (QED) is 0.692. The van der Waals surface area contributed by atoms with E-state index < -0.39 is 0 Å². The van der Waals surface area contributed by atoms with Crippen molar-refractivity contribution >= 4 is 11.6 Å². The van der Waals surface area contributed by atoms with E-state index in [1.807, 2.05) is 60.6 Å².